The van der Waals surface area contributed by atoms with Crippen LogP contribution in [0.5, 0.6) is 0 Å². The summed E-state index contributed by atoms with van der Waals surface area (Å²) in [6.07, 6.45) is 4.48. The highest BCUT2D eigenvalue weighted by Crippen LogP contribution is 2.23. The predicted octanol–water partition coefficient (Wildman–Crippen LogP) is 4.22. The lowest BCUT2D eigenvalue weighted by molar-refractivity contribution is 0.949. The summed E-state index contributed by atoms with van der Waals surface area (Å²) in [5.74, 6) is 0. The maximum Gasteiger partial charge on any atom is 0.0991 e. The molecular weight excluding hydrogens is 270 g/mol. The standard InChI is InChI=1S/C19H19N3/c1-15-12-19(22-10-2-3-11-22)9-6-17(15)14-21-18-7-4-16(13-20)5-8-18/h4-9,12,14H,2-3,10-11H2,1H3. The van der Waals surface area contributed by atoms with Crippen molar-refractivity contribution in [3.63, 3.8) is 0 Å². The van der Waals surface area contributed by atoms with Crippen LogP contribution in [0.15, 0.2) is 47.5 Å². The van der Waals surface area contributed by atoms with E-state index in [1.165, 1.54) is 24.1 Å². The van der Waals surface area contributed by atoms with Crippen LogP contribution in [0.1, 0.15) is 29.5 Å². The largest absolute Gasteiger partial charge is 0.372 e. The molecule has 0 unspecified atom stereocenters. The molecule has 3 nitrogen and oxygen atoms in total. The van der Waals surface area contributed by atoms with Crippen molar-refractivity contribution in [3.8, 4) is 6.07 Å². The minimum Gasteiger partial charge on any atom is -0.372 e. The molecule has 1 heterocycles. The highest BCUT2D eigenvalue weighted by Gasteiger charge is 2.12. The lowest BCUT2D eigenvalue weighted by Crippen LogP contribution is -2.17. The first kappa shape index (κ1) is 14.3. The van der Waals surface area contributed by atoms with Crippen LogP contribution < -0.4 is 4.90 Å². The van der Waals surface area contributed by atoms with Gasteiger partial charge >= 0.3 is 0 Å². The Labute approximate surface area is 131 Å². The molecule has 110 valence electrons. The number of benzene rings is 2. The van der Waals surface area contributed by atoms with Crippen molar-refractivity contribution in [2.45, 2.75) is 19.8 Å². The molecule has 2 aromatic carbocycles. The summed E-state index contributed by atoms with van der Waals surface area (Å²) < 4.78 is 0. The fraction of sp³-hybridized carbons (Fsp3) is 0.263. The van der Waals surface area contributed by atoms with Gasteiger partial charge in [0, 0.05) is 25.0 Å². The van der Waals surface area contributed by atoms with Gasteiger partial charge in [-0.3, -0.25) is 4.99 Å². The molecule has 1 fully saturated rings. The summed E-state index contributed by atoms with van der Waals surface area (Å²) in [6, 6.07) is 16.0. The number of rotatable bonds is 3. The molecule has 0 saturated carbocycles. The molecule has 0 amide bonds. The highest BCUT2D eigenvalue weighted by atomic mass is 15.1. The fourth-order valence-electron chi connectivity index (χ4n) is 2.74. The number of aliphatic imine (C=N–C) groups is 1. The van der Waals surface area contributed by atoms with Crippen LogP contribution in [-0.2, 0) is 0 Å². The van der Waals surface area contributed by atoms with Gasteiger partial charge in [0.1, 0.15) is 0 Å². The second-order valence-corrected chi connectivity index (χ2v) is 5.65. The van der Waals surface area contributed by atoms with E-state index in [0.29, 0.717) is 5.56 Å². The summed E-state index contributed by atoms with van der Waals surface area (Å²) in [5, 5.41) is 8.80. The second-order valence-electron chi connectivity index (χ2n) is 5.65. The van der Waals surface area contributed by atoms with Gasteiger partial charge in [-0.1, -0.05) is 6.07 Å². The summed E-state index contributed by atoms with van der Waals surface area (Å²) >= 11 is 0. The van der Waals surface area contributed by atoms with Crippen LogP contribution in [0.3, 0.4) is 0 Å². The number of hydrogen-bond acceptors (Lipinski definition) is 3. The molecule has 2 aromatic rings. The van der Waals surface area contributed by atoms with Gasteiger partial charge in [0.25, 0.3) is 0 Å². The van der Waals surface area contributed by atoms with Crippen molar-refractivity contribution in [2.24, 2.45) is 4.99 Å². The minimum absolute atomic E-state index is 0.657. The minimum atomic E-state index is 0.657. The SMILES string of the molecule is Cc1cc(N2CCCC2)ccc1C=Nc1ccc(C#N)cc1. The van der Waals surface area contributed by atoms with Gasteiger partial charge in [-0.2, -0.15) is 5.26 Å². The van der Waals surface area contributed by atoms with E-state index in [-0.39, 0.29) is 0 Å². The third-order valence-electron chi connectivity index (χ3n) is 4.07. The van der Waals surface area contributed by atoms with Crippen LogP contribution in [0.4, 0.5) is 11.4 Å². The quantitative estimate of drug-likeness (QED) is 0.794. The number of anilines is 1. The summed E-state index contributed by atoms with van der Waals surface area (Å²) in [5.41, 5.74) is 5.20. The van der Waals surface area contributed by atoms with E-state index in [2.05, 4.69) is 41.1 Å². The topological polar surface area (TPSA) is 39.4 Å². The van der Waals surface area contributed by atoms with Crippen molar-refractivity contribution in [2.75, 3.05) is 18.0 Å². The van der Waals surface area contributed by atoms with Gasteiger partial charge in [-0.25, -0.2) is 0 Å². The smallest absolute Gasteiger partial charge is 0.0991 e. The Kier molecular flexibility index (Phi) is 4.20. The zero-order chi connectivity index (χ0) is 15.4. The summed E-state index contributed by atoms with van der Waals surface area (Å²) in [7, 11) is 0. The first-order valence-corrected chi connectivity index (χ1v) is 7.66. The Morgan fingerprint density at radius 3 is 2.45 bits per heavy atom. The molecule has 0 aliphatic carbocycles. The summed E-state index contributed by atoms with van der Waals surface area (Å²) in [6.45, 7) is 4.45. The average molecular weight is 289 g/mol. The predicted molar refractivity (Wildman–Crippen MR) is 91.0 cm³/mol. The first-order valence-electron chi connectivity index (χ1n) is 7.66. The molecule has 0 radical (unpaired) electrons. The van der Waals surface area contributed by atoms with Gasteiger partial charge in [0.15, 0.2) is 0 Å². The van der Waals surface area contributed by atoms with E-state index >= 15 is 0 Å². The van der Waals surface area contributed by atoms with Crippen LogP contribution in [0.2, 0.25) is 0 Å². The van der Waals surface area contributed by atoms with E-state index < -0.39 is 0 Å². The molecule has 0 aromatic heterocycles. The summed E-state index contributed by atoms with van der Waals surface area (Å²) in [4.78, 5) is 6.93. The molecule has 3 heteroatoms. The molecule has 0 atom stereocenters. The second kappa shape index (κ2) is 6.44. The Bertz CT molecular complexity index is 717. The van der Waals surface area contributed by atoms with Crippen molar-refractivity contribution >= 4 is 17.6 Å². The first-order chi connectivity index (χ1) is 10.8. The molecule has 0 N–H and O–H groups in total. The van der Waals surface area contributed by atoms with Gasteiger partial charge in [-0.15, -0.1) is 0 Å². The zero-order valence-electron chi connectivity index (χ0n) is 12.8. The molecular formula is C19H19N3. The maximum absolute atomic E-state index is 8.80. The third kappa shape index (κ3) is 3.17. The lowest BCUT2D eigenvalue weighted by Gasteiger charge is -2.18. The molecule has 22 heavy (non-hydrogen) atoms. The van der Waals surface area contributed by atoms with Gasteiger partial charge < -0.3 is 4.90 Å². The Morgan fingerprint density at radius 2 is 1.82 bits per heavy atom. The van der Waals surface area contributed by atoms with Gasteiger partial charge in [-0.05, 0) is 67.3 Å². The van der Waals surface area contributed by atoms with E-state index in [1.54, 1.807) is 12.1 Å². The number of hydrogen-bond donors (Lipinski definition) is 0. The van der Waals surface area contributed by atoms with E-state index in [9.17, 15) is 0 Å². The third-order valence-corrected chi connectivity index (χ3v) is 4.07. The Hall–Kier alpha value is -2.60. The zero-order valence-corrected chi connectivity index (χ0v) is 12.8. The van der Waals surface area contributed by atoms with Crippen molar-refractivity contribution < 1.29 is 0 Å². The Morgan fingerprint density at radius 1 is 1.09 bits per heavy atom. The maximum atomic E-state index is 8.80. The molecule has 1 aliphatic heterocycles. The average Bonchev–Trinajstić information content (AvgIpc) is 3.08. The van der Waals surface area contributed by atoms with Gasteiger partial charge in [0.2, 0.25) is 0 Å². The molecule has 1 aliphatic rings. The van der Waals surface area contributed by atoms with Crippen LogP contribution in [0, 0.1) is 18.3 Å². The van der Waals surface area contributed by atoms with E-state index in [4.69, 9.17) is 5.26 Å². The van der Waals surface area contributed by atoms with Crippen molar-refractivity contribution in [1.82, 2.24) is 0 Å². The molecule has 0 bridgehead atoms. The van der Waals surface area contributed by atoms with Crippen molar-refractivity contribution in [1.29, 1.82) is 5.26 Å². The number of nitriles is 1. The van der Waals surface area contributed by atoms with E-state index in [0.717, 1.165) is 24.3 Å². The number of nitrogens with zero attached hydrogens (tertiary/aromatic N) is 3. The van der Waals surface area contributed by atoms with Crippen LogP contribution in [0.25, 0.3) is 0 Å². The van der Waals surface area contributed by atoms with E-state index in [1.807, 2.05) is 18.3 Å². The molecule has 3 rings (SSSR count). The normalized spacial score (nSPS) is 14.5. The van der Waals surface area contributed by atoms with Crippen LogP contribution >= 0.6 is 0 Å². The van der Waals surface area contributed by atoms with Crippen LogP contribution in [-0.4, -0.2) is 19.3 Å². The fourth-order valence-corrected chi connectivity index (χ4v) is 2.74. The molecule has 1 saturated heterocycles. The monoisotopic (exact) mass is 289 g/mol. The lowest BCUT2D eigenvalue weighted by atomic mass is 10.1. The van der Waals surface area contributed by atoms with Crippen molar-refractivity contribution in [3.05, 3.63) is 59.2 Å². The molecule has 0 spiro atoms. The Balaban J connectivity index is 1.76. The van der Waals surface area contributed by atoms with Gasteiger partial charge in [0.05, 0.1) is 17.3 Å². The highest BCUT2D eigenvalue weighted by molar-refractivity contribution is 5.84. The number of aryl methyl sites for hydroxylation is 1.